The number of carbonyl (C=O) groups excluding carboxylic acids is 1. The summed E-state index contributed by atoms with van der Waals surface area (Å²) in [5.41, 5.74) is 1.14. The fraction of sp³-hybridized carbons (Fsp3) is 0.263. The van der Waals surface area contributed by atoms with Crippen molar-refractivity contribution in [1.82, 2.24) is 8.87 Å². The lowest BCUT2D eigenvalue weighted by molar-refractivity contribution is 0.0998. The number of thiazole rings is 1. The van der Waals surface area contributed by atoms with Gasteiger partial charge in [0.2, 0.25) is 10.0 Å². The number of fused-ring (bicyclic) bond motifs is 1. The first-order valence-electron chi connectivity index (χ1n) is 8.73. The van der Waals surface area contributed by atoms with E-state index in [0.717, 1.165) is 10.2 Å². The minimum atomic E-state index is -3.56. The molecule has 148 valence electrons. The van der Waals surface area contributed by atoms with Gasteiger partial charge in [0.05, 0.1) is 20.1 Å². The maximum atomic E-state index is 12.6. The van der Waals surface area contributed by atoms with Crippen molar-refractivity contribution in [2.75, 3.05) is 13.1 Å². The van der Waals surface area contributed by atoms with E-state index in [1.54, 1.807) is 31.5 Å². The van der Waals surface area contributed by atoms with Crippen molar-refractivity contribution in [1.29, 1.82) is 0 Å². The molecule has 1 heterocycles. The Bertz CT molecular complexity index is 1190. The number of hydrogen-bond donors (Lipinski definition) is 0. The van der Waals surface area contributed by atoms with Gasteiger partial charge in [0, 0.05) is 25.7 Å². The SMILES string of the molecule is CCN(CC)S(=O)(=O)c1ccc(C(=O)N=c2sc3cccc(Cl)c3n2C)cc1. The number of nitrogens with zero attached hydrogens (tertiary/aromatic N) is 3. The third-order valence-electron chi connectivity index (χ3n) is 4.41. The van der Waals surface area contributed by atoms with Crippen LogP contribution in [0.4, 0.5) is 0 Å². The van der Waals surface area contributed by atoms with Crippen LogP contribution in [0.5, 0.6) is 0 Å². The molecule has 3 rings (SSSR count). The molecule has 0 saturated carbocycles. The Morgan fingerprint density at radius 3 is 2.36 bits per heavy atom. The molecule has 0 aliphatic rings. The minimum Gasteiger partial charge on any atom is -0.318 e. The quantitative estimate of drug-likeness (QED) is 0.611. The lowest BCUT2D eigenvalue weighted by atomic mass is 10.2. The fourth-order valence-electron chi connectivity index (χ4n) is 2.90. The molecule has 0 aliphatic carbocycles. The maximum Gasteiger partial charge on any atom is 0.279 e. The molecule has 3 aromatic rings. The van der Waals surface area contributed by atoms with Crippen molar-refractivity contribution in [3.8, 4) is 0 Å². The molecule has 0 unspecified atom stereocenters. The highest BCUT2D eigenvalue weighted by molar-refractivity contribution is 7.89. The van der Waals surface area contributed by atoms with Gasteiger partial charge < -0.3 is 4.57 Å². The first kappa shape index (κ1) is 20.7. The van der Waals surface area contributed by atoms with Gasteiger partial charge in [-0.1, -0.05) is 42.9 Å². The second-order valence-electron chi connectivity index (χ2n) is 6.06. The van der Waals surface area contributed by atoms with Crippen molar-refractivity contribution in [3.05, 3.63) is 57.9 Å². The molecule has 2 aromatic carbocycles. The summed E-state index contributed by atoms with van der Waals surface area (Å²) in [6.07, 6.45) is 0. The van der Waals surface area contributed by atoms with Gasteiger partial charge in [-0.05, 0) is 36.4 Å². The normalized spacial score (nSPS) is 12.8. The largest absolute Gasteiger partial charge is 0.318 e. The predicted octanol–water partition coefficient (Wildman–Crippen LogP) is 3.66. The van der Waals surface area contributed by atoms with Crippen LogP contribution in [0.1, 0.15) is 24.2 Å². The van der Waals surface area contributed by atoms with E-state index in [4.69, 9.17) is 11.6 Å². The van der Waals surface area contributed by atoms with Crippen LogP contribution in [0.15, 0.2) is 52.4 Å². The number of sulfonamides is 1. The first-order valence-corrected chi connectivity index (χ1v) is 11.4. The van der Waals surface area contributed by atoms with Crippen molar-refractivity contribution < 1.29 is 13.2 Å². The number of rotatable bonds is 5. The summed E-state index contributed by atoms with van der Waals surface area (Å²) < 4.78 is 29.2. The van der Waals surface area contributed by atoms with Gasteiger partial charge in [0.25, 0.3) is 5.91 Å². The average Bonchev–Trinajstić information content (AvgIpc) is 2.99. The number of para-hydroxylation sites is 1. The van der Waals surface area contributed by atoms with Crippen LogP contribution in [0, 0.1) is 0 Å². The van der Waals surface area contributed by atoms with E-state index in [2.05, 4.69) is 4.99 Å². The van der Waals surface area contributed by atoms with Crippen LogP contribution in [-0.2, 0) is 17.1 Å². The predicted molar refractivity (Wildman–Crippen MR) is 112 cm³/mol. The van der Waals surface area contributed by atoms with Crippen LogP contribution in [0.3, 0.4) is 0 Å². The third kappa shape index (κ3) is 3.77. The monoisotopic (exact) mass is 437 g/mol. The zero-order valence-corrected chi connectivity index (χ0v) is 18.1. The first-order chi connectivity index (χ1) is 13.3. The lowest BCUT2D eigenvalue weighted by Gasteiger charge is -2.18. The molecule has 0 aliphatic heterocycles. The van der Waals surface area contributed by atoms with Crippen LogP contribution in [0.2, 0.25) is 5.02 Å². The molecule has 1 amide bonds. The second-order valence-corrected chi connectivity index (χ2v) is 9.42. The Balaban J connectivity index is 1.96. The van der Waals surface area contributed by atoms with Crippen LogP contribution in [-0.4, -0.2) is 36.3 Å². The Hall–Kier alpha value is -2.00. The zero-order valence-electron chi connectivity index (χ0n) is 15.7. The molecule has 1 aromatic heterocycles. The van der Waals surface area contributed by atoms with Crippen molar-refractivity contribution in [2.24, 2.45) is 12.0 Å². The van der Waals surface area contributed by atoms with E-state index < -0.39 is 15.9 Å². The van der Waals surface area contributed by atoms with Gasteiger partial charge in [0.1, 0.15) is 0 Å². The summed E-state index contributed by atoms with van der Waals surface area (Å²) in [5.74, 6) is -0.440. The molecule has 0 radical (unpaired) electrons. The molecule has 6 nitrogen and oxygen atoms in total. The summed E-state index contributed by atoms with van der Waals surface area (Å²) in [6.45, 7) is 4.35. The highest BCUT2D eigenvalue weighted by Crippen LogP contribution is 2.24. The number of carbonyl (C=O) groups is 1. The number of halogens is 1. The standard InChI is InChI=1S/C19H20ClN3O3S2/c1-4-23(5-2)28(25,26)14-11-9-13(10-12-14)18(24)21-19-22(3)17-15(20)7-6-8-16(17)27-19/h6-12H,4-5H2,1-3H3. The summed E-state index contributed by atoms with van der Waals surface area (Å²) in [5, 5.41) is 0.594. The Kier molecular flexibility index (Phi) is 6.04. The molecule has 28 heavy (non-hydrogen) atoms. The van der Waals surface area contributed by atoms with Crippen molar-refractivity contribution >= 4 is 49.1 Å². The van der Waals surface area contributed by atoms with E-state index in [9.17, 15) is 13.2 Å². The molecular weight excluding hydrogens is 418 g/mol. The average molecular weight is 438 g/mol. The van der Waals surface area contributed by atoms with Gasteiger partial charge in [-0.3, -0.25) is 4.79 Å². The minimum absolute atomic E-state index is 0.159. The molecular formula is C19H20ClN3O3S2. The Morgan fingerprint density at radius 2 is 1.79 bits per heavy atom. The van der Waals surface area contributed by atoms with E-state index in [1.165, 1.54) is 39.9 Å². The Morgan fingerprint density at radius 1 is 1.14 bits per heavy atom. The van der Waals surface area contributed by atoms with E-state index in [-0.39, 0.29) is 4.90 Å². The molecule has 0 fully saturated rings. The third-order valence-corrected chi connectivity index (χ3v) is 7.88. The van der Waals surface area contributed by atoms with Gasteiger partial charge in [-0.2, -0.15) is 9.30 Å². The number of benzene rings is 2. The smallest absolute Gasteiger partial charge is 0.279 e. The number of amides is 1. The van der Waals surface area contributed by atoms with Crippen molar-refractivity contribution in [3.63, 3.8) is 0 Å². The van der Waals surface area contributed by atoms with Gasteiger partial charge >= 0.3 is 0 Å². The fourth-order valence-corrected chi connectivity index (χ4v) is 5.76. The van der Waals surface area contributed by atoms with Crippen LogP contribution in [0.25, 0.3) is 10.2 Å². The zero-order chi connectivity index (χ0) is 20.5. The number of aryl methyl sites for hydroxylation is 1. The summed E-state index contributed by atoms with van der Waals surface area (Å²) in [4.78, 5) is 17.4. The Labute approximate surface area is 172 Å². The highest BCUT2D eigenvalue weighted by atomic mass is 35.5. The molecule has 0 bridgehead atoms. The summed E-state index contributed by atoms with van der Waals surface area (Å²) in [7, 11) is -1.75. The van der Waals surface area contributed by atoms with Crippen molar-refractivity contribution in [2.45, 2.75) is 18.7 Å². The second kappa shape index (κ2) is 8.16. The summed E-state index contributed by atoms with van der Waals surface area (Å²) in [6, 6.07) is 11.4. The van der Waals surface area contributed by atoms with Crippen LogP contribution >= 0.6 is 22.9 Å². The van der Waals surface area contributed by atoms with E-state index in [0.29, 0.717) is 28.5 Å². The lowest BCUT2D eigenvalue weighted by Crippen LogP contribution is -2.30. The molecule has 0 atom stereocenters. The molecule has 0 saturated heterocycles. The van der Waals surface area contributed by atoms with E-state index >= 15 is 0 Å². The van der Waals surface area contributed by atoms with E-state index in [1.807, 2.05) is 12.1 Å². The molecule has 9 heteroatoms. The maximum absolute atomic E-state index is 12.6. The van der Waals surface area contributed by atoms with Gasteiger partial charge in [-0.25, -0.2) is 8.42 Å². The summed E-state index contributed by atoms with van der Waals surface area (Å²) >= 11 is 7.60. The number of hydrogen-bond acceptors (Lipinski definition) is 4. The van der Waals surface area contributed by atoms with Crippen LogP contribution < -0.4 is 4.80 Å². The van der Waals surface area contributed by atoms with Gasteiger partial charge in [0.15, 0.2) is 4.80 Å². The number of aromatic nitrogens is 1. The molecule has 0 N–H and O–H groups in total. The topological polar surface area (TPSA) is 71.7 Å². The highest BCUT2D eigenvalue weighted by Gasteiger charge is 2.21. The molecule has 0 spiro atoms. The van der Waals surface area contributed by atoms with Gasteiger partial charge in [-0.15, -0.1) is 0 Å².